The summed E-state index contributed by atoms with van der Waals surface area (Å²) in [6.07, 6.45) is 0. The van der Waals surface area contributed by atoms with Crippen LogP contribution in [0.15, 0.2) is 16.9 Å². The van der Waals surface area contributed by atoms with Crippen LogP contribution in [0.2, 0.25) is 0 Å². The molecule has 0 aliphatic carbocycles. The normalized spacial score (nSPS) is 12.2. The molecule has 0 spiro atoms. The molecule has 0 fully saturated rings. The average molecular weight is 269 g/mol. The van der Waals surface area contributed by atoms with Gasteiger partial charge in [0, 0.05) is 26.3 Å². The van der Waals surface area contributed by atoms with Crippen LogP contribution in [0.5, 0.6) is 0 Å². The van der Waals surface area contributed by atoms with E-state index in [1.807, 2.05) is 6.92 Å². The fourth-order valence-corrected chi connectivity index (χ4v) is 1.50. The first-order valence-electron chi connectivity index (χ1n) is 5.95. The molecule has 1 aromatic rings. The number of rotatable bonds is 7. The van der Waals surface area contributed by atoms with E-state index in [4.69, 9.17) is 9.47 Å². The summed E-state index contributed by atoms with van der Waals surface area (Å²) < 4.78 is 11.0. The molecule has 1 N–H and O–H groups in total. The maximum absolute atomic E-state index is 11.9. The van der Waals surface area contributed by atoms with E-state index in [1.54, 1.807) is 7.11 Å². The van der Waals surface area contributed by atoms with Crippen molar-refractivity contribution in [2.45, 2.75) is 19.5 Å². The molecule has 0 unspecified atom stereocenters. The van der Waals surface area contributed by atoms with E-state index in [1.165, 1.54) is 23.9 Å². The molecule has 1 aromatic heterocycles. The second-order valence-corrected chi connectivity index (χ2v) is 4.10. The molecule has 1 amide bonds. The summed E-state index contributed by atoms with van der Waals surface area (Å²) in [6, 6.07) is 2.60. The van der Waals surface area contributed by atoms with Gasteiger partial charge in [-0.3, -0.25) is 9.59 Å². The van der Waals surface area contributed by atoms with Crippen molar-refractivity contribution in [3.63, 3.8) is 0 Å². The maximum atomic E-state index is 11.9. The maximum Gasteiger partial charge on any atom is 0.272 e. The number of nitrogens with zero attached hydrogens (tertiary/aromatic N) is 2. The Morgan fingerprint density at radius 2 is 2.16 bits per heavy atom. The third-order valence-electron chi connectivity index (χ3n) is 2.40. The molecule has 1 heterocycles. The lowest BCUT2D eigenvalue weighted by molar-refractivity contribution is 0.0897. The van der Waals surface area contributed by atoms with E-state index < -0.39 is 0 Å². The quantitative estimate of drug-likeness (QED) is 0.732. The summed E-state index contributed by atoms with van der Waals surface area (Å²) in [5.41, 5.74) is -0.0720. The van der Waals surface area contributed by atoms with Crippen LogP contribution in [0.1, 0.15) is 17.4 Å². The van der Waals surface area contributed by atoms with Crippen LogP contribution >= 0.6 is 0 Å². The van der Waals surface area contributed by atoms with E-state index in [9.17, 15) is 9.59 Å². The summed E-state index contributed by atoms with van der Waals surface area (Å²) in [5, 5.41) is 6.72. The molecule has 19 heavy (non-hydrogen) atoms. The number of nitrogens with one attached hydrogen (secondary N) is 1. The topological polar surface area (TPSA) is 82.5 Å². The molecule has 106 valence electrons. The Morgan fingerprint density at radius 3 is 2.79 bits per heavy atom. The first-order chi connectivity index (χ1) is 9.08. The van der Waals surface area contributed by atoms with Gasteiger partial charge in [0.25, 0.3) is 11.5 Å². The minimum Gasteiger partial charge on any atom is -0.383 e. The number of hydrogen-bond acceptors (Lipinski definition) is 5. The highest BCUT2D eigenvalue weighted by atomic mass is 16.5. The zero-order chi connectivity index (χ0) is 14.3. The van der Waals surface area contributed by atoms with Gasteiger partial charge in [-0.15, -0.1) is 0 Å². The molecular formula is C12H19N3O4. The van der Waals surface area contributed by atoms with Crippen LogP contribution in [0.25, 0.3) is 0 Å². The minimum atomic E-state index is -0.337. The van der Waals surface area contributed by atoms with Crippen molar-refractivity contribution in [2.75, 3.05) is 27.4 Å². The van der Waals surface area contributed by atoms with Crippen molar-refractivity contribution in [3.8, 4) is 0 Å². The predicted octanol–water partition coefficient (Wildman–Crippen LogP) is -0.346. The summed E-state index contributed by atoms with van der Waals surface area (Å²) in [7, 11) is 3.10. The second-order valence-electron chi connectivity index (χ2n) is 4.10. The van der Waals surface area contributed by atoms with E-state index in [0.717, 1.165) is 0 Å². The lowest BCUT2D eigenvalue weighted by Gasteiger charge is -2.12. The largest absolute Gasteiger partial charge is 0.383 e. The fourth-order valence-electron chi connectivity index (χ4n) is 1.50. The Hall–Kier alpha value is -1.73. The second kappa shape index (κ2) is 7.65. The van der Waals surface area contributed by atoms with Gasteiger partial charge in [-0.25, -0.2) is 4.68 Å². The Bertz CT molecular complexity index is 472. The highest BCUT2D eigenvalue weighted by Crippen LogP contribution is 1.93. The molecule has 0 saturated heterocycles. The highest BCUT2D eigenvalue weighted by molar-refractivity contribution is 5.92. The summed E-state index contributed by atoms with van der Waals surface area (Å²) in [4.78, 5) is 23.4. The van der Waals surface area contributed by atoms with Gasteiger partial charge in [0.2, 0.25) is 0 Å². The molecular weight excluding hydrogens is 250 g/mol. The van der Waals surface area contributed by atoms with Crippen molar-refractivity contribution in [1.82, 2.24) is 15.1 Å². The van der Waals surface area contributed by atoms with Crippen LogP contribution in [-0.4, -0.2) is 49.2 Å². The molecule has 0 bridgehead atoms. The van der Waals surface area contributed by atoms with E-state index in [-0.39, 0.29) is 23.2 Å². The number of amides is 1. The van der Waals surface area contributed by atoms with Crippen molar-refractivity contribution >= 4 is 5.91 Å². The zero-order valence-electron chi connectivity index (χ0n) is 11.4. The van der Waals surface area contributed by atoms with Crippen LogP contribution in [-0.2, 0) is 16.0 Å². The average Bonchev–Trinajstić information content (AvgIpc) is 2.37. The molecule has 0 aliphatic rings. The van der Waals surface area contributed by atoms with E-state index in [0.29, 0.717) is 19.8 Å². The summed E-state index contributed by atoms with van der Waals surface area (Å²) in [5.74, 6) is -0.337. The fraction of sp³-hybridized carbons (Fsp3) is 0.583. The molecule has 0 aliphatic heterocycles. The van der Waals surface area contributed by atoms with Gasteiger partial charge in [-0.2, -0.15) is 5.10 Å². The van der Waals surface area contributed by atoms with Gasteiger partial charge < -0.3 is 14.8 Å². The van der Waals surface area contributed by atoms with Crippen LogP contribution in [0.3, 0.4) is 0 Å². The van der Waals surface area contributed by atoms with Crippen LogP contribution < -0.4 is 10.9 Å². The van der Waals surface area contributed by atoms with Gasteiger partial charge in [-0.1, -0.05) is 0 Å². The number of aromatic nitrogens is 2. The predicted molar refractivity (Wildman–Crippen MR) is 69.2 cm³/mol. The van der Waals surface area contributed by atoms with Crippen LogP contribution in [0.4, 0.5) is 0 Å². The summed E-state index contributed by atoms with van der Waals surface area (Å²) >= 11 is 0. The lowest BCUT2D eigenvalue weighted by atomic mass is 10.3. The number of methoxy groups -OCH3 is 2. The van der Waals surface area contributed by atoms with Gasteiger partial charge in [-0.05, 0) is 13.0 Å². The molecule has 0 saturated carbocycles. The standard InChI is InChI=1S/C12H19N3O4/c1-9(8-19-3)13-12(17)10-4-5-11(16)15(14-10)6-7-18-2/h4-5,9H,6-8H2,1-3H3,(H,13,17)/t9-/m1/s1. The molecule has 0 radical (unpaired) electrons. The minimum absolute atomic E-state index is 0.126. The first-order valence-corrected chi connectivity index (χ1v) is 5.95. The van der Waals surface area contributed by atoms with Crippen molar-refractivity contribution in [1.29, 1.82) is 0 Å². The first kappa shape index (κ1) is 15.3. The molecule has 7 heteroatoms. The number of ether oxygens (including phenoxy) is 2. The number of carbonyl (C=O) groups is 1. The van der Waals surface area contributed by atoms with Crippen LogP contribution in [0, 0.1) is 0 Å². The van der Waals surface area contributed by atoms with Gasteiger partial charge in [0.05, 0.1) is 19.8 Å². The van der Waals surface area contributed by atoms with Gasteiger partial charge in [0.1, 0.15) is 5.69 Å². The monoisotopic (exact) mass is 269 g/mol. The SMILES string of the molecule is COCCn1nc(C(=O)N[C@H](C)COC)ccc1=O. The van der Waals surface area contributed by atoms with Gasteiger partial charge in [0.15, 0.2) is 0 Å². The lowest BCUT2D eigenvalue weighted by Crippen LogP contribution is -2.37. The summed E-state index contributed by atoms with van der Waals surface area (Å²) in [6.45, 7) is 2.90. The van der Waals surface area contributed by atoms with E-state index in [2.05, 4.69) is 10.4 Å². The smallest absolute Gasteiger partial charge is 0.272 e. The molecule has 0 aromatic carbocycles. The Labute approximate surface area is 111 Å². The molecule has 7 nitrogen and oxygen atoms in total. The Morgan fingerprint density at radius 1 is 1.42 bits per heavy atom. The molecule has 1 atom stereocenters. The molecule has 1 rings (SSSR count). The Balaban J connectivity index is 2.77. The number of carbonyl (C=O) groups excluding carboxylic acids is 1. The van der Waals surface area contributed by atoms with Crippen molar-refractivity contribution in [3.05, 3.63) is 28.2 Å². The third-order valence-corrected chi connectivity index (χ3v) is 2.40. The van der Waals surface area contributed by atoms with Gasteiger partial charge >= 0.3 is 0 Å². The van der Waals surface area contributed by atoms with E-state index >= 15 is 0 Å². The highest BCUT2D eigenvalue weighted by Gasteiger charge is 2.12. The van der Waals surface area contributed by atoms with Crippen molar-refractivity contribution in [2.24, 2.45) is 0 Å². The van der Waals surface area contributed by atoms with Crippen molar-refractivity contribution < 1.29 is 14.3 Å². The zero-order valence-corrected chi connectivity index (χ0v) is 11.4. The third kappa shape index (κ3) is 4.80. The number of hydrogen-bond donors (Lipinski definition) is 1. The Kier molecular flexibility index (Phi) is 6.17.